The minimum absolute atomic E-state index is 0.499. The largest absolute Gasteiger partial charge is 0.397 e. The molecular weight excluding hydrogens is 176 g/mol. The molecule has 0 aliphatic rings. The Morgan fingerprint density at radius 1 is 0.929 bits per heavy atom. The standard InChI is InChI=1S/C5H7N3.C5H5N/c6-4-1-2-5(7)8-3-4;1-2-4-6-5-3-1/h1-3H,6H2,(H2,7,8);1-5H. The van der Waals surface area contributed by atoms with Gasteiger partial charge in [-0.2, -0.15) is 0 Å². The summed E-state index contributed by atoms with van der Waals surface area (Å²) in [5.41, 5.74) is 11.2. The van der Waals surface area contributed by atoms with Crippen LogP contribution in [0.2, 0.25) is 0 Å². The molecular formula is C10H12N4. The molecule has 2 heterocycles. The molecule has 0 aliphatic carbocycles. The van der Waals surface area contributed by atoms with Crippen LogP contribution in [0.4, 0.5) is 11.5 Å². The molecule has 4 N–H and O–H groups in total. The molecule has 0 amide bonds. The van der Waals surface area contributed by atoms with E-state index in [4.69, 9.17) is 11.5 Å². The first kappa shape index (κ1) is 9.98. The van der Waals surface area contributed by atoms with Gasteiger partial charge in [-0.3, -0.25) is 4.98 Å². The Kier molecular flexibility index (Phi) is 3.94. The number of hydrogen-bond acceptors (Lipinski definition) is 4. The second-order valence-corrected chi connectivity index (χ2v) is 2.54. The van der Waals surface area contributed by atoms with Crippen molar-refractivity contribution in [3.8, 4) is 0 Å². The van der Waals surface area contributed by atoms with E-state index < -0.39 is 0 Å². The van der Waals surface area contributed by atoms with Gasteiger partial charge < -0.3 is 11.5 Å². The third-order valence-electron chi connectivity index (χ3n) is 1.38. The normalized spacial score (nSPS) is 8.57. The molecule has 14 heavy (non-hydrogen) atoms. The Morgan fingerprint density at radius 2 is 1.64 bits per heavy atom. The van der Waals surface area contributed by atoms with Crippen molar-refractivity contribution in [1.82, 2.24) is 9.97 Å². The van der Waals surface area contributed by atoms with E-state index >= 15 is 0 Å². The highest BCUT2D eigenvalue weighted by Gasteiger charge is 1.82. The summed E-state index contributed by atoms with van der Waals surface area (Å²) in [6, 6.07) is 9.09. The molecule has 0 saturated carbocycles. The number of hydrogen-bond donors (Lipinski definition) is 2. The lowest BCUT2D eigenvalue weighted by Crippen LogP contribution is -1.90. The van der Waals surface area contributed by atoms with Crippen molar-refractivity contribution in [2.75, 3.05) is 11.5 Å². The van der Waals surface area contributed by atoms with Crippen LogP contribution in [0.15, 0.2) is 48.9 Å². The molecule has 0 atom stereocenters. The average Bonchev–Trinajstić information content (AvgIpc) is 2.26. The Labute approximate surface area is 82.6 Å². The third-order valence-corrected chi connectivity index (χ3v) is 1.38. The van der Waals surface area contributed by atoms with Crippen LogP contribution >= 0.6 is 0 Å². The highest BCUT2D eigenvalue weighted by molar-refractivity contribution is 5.40. The molecule has 0 spiro atoms. The number of rotatable bonds is 0. The molecule has 0 fully saturated rings. The number of anilines is 2. The quantitative estimate of drug-likeness (QED) is 0.653. The summed E-state index contributed by atoms with van der Waals surface area (Å²) >= 11 is 0. The van der Waals surface area contributed by atoms with Gasteiger partial charge in [-0.25, -0.2) is 4.98 Å². The van der Waals surface area contributed by atoms with Crippen LogP contribution in [0.25, 0.3) is 0 Å². The predicted molar refractivity (Wildman–Crippen MR) is 57.3 cm³/mol. The van der Waals surface area contributed by atoms with Crippen molar-refractivity contribution in [3.63, 3.8) is 0 Å². The molecule has 4 nitrogen and oxygen atoms in total. The van der Waals surface area contributed by atoms with Gasteiger partial charge in [-0.15, -0.1) is 0 Å². The predicted octanol–water partition coefficient (Wildman–Crippen LogP) is 1.33. The van der Waals surface area contributed by atoms with Gasteiger partial charge in [0.2, 0.25) is 0 Å². The van der Waals surface area contributed by atoms with Crippen LogP contribution in [0.5, 0.6) is 0 Å². The average molecular weight is 188 g/mol. The maximum Gasteiger partial charge on any atom is 0.123 e. The van der Waals surface area contributed by atoms with Crippen LogP contribution in [-0.2, 0) is 0 Å². The second kappa shape index (κ2) is 5.53. The topological polar surface area (TPSA) is 77.8 Å². The molecule has 0 unspecified atom stereocenters. The lowest BCUT2D eigenvalue weighted by atomic mass is 10.4. The molecule has 0 radical (unpaired) electrons. The van der Waals surface area contributed by atoms with Gasteiger partial charge in [-0.05, 0) is 24.3 Å². The lowest BCUT2D eigenvalue weighted by molar-refractivity contribution is 1.33. The fraction of sp³-hybridized carbons (Fsp3) is 0. The van der Waals surface area contributed by atoms with Crippen molar-refractivity contribution in [1.29, 1.82) is 0 Å². The second-order valence-electron chi connectivity index (χ2n) is 2.54. The molecule has 0 aromatic carbocycles. The van der Waals surface area contributed by atoms with Gasteiger partial charge in [0.15, 0.2) is 0 Å². The molecule has 0 aliphatic heterocycles. The van der Waals surface area contributed by atoms with E-state index in [0.29, 0.717) is 11.5 Å². The maximum atomic E-state index is 5.31. The molecule has 2 rings (SSSR count). The van der Waals surface area contributed by atoms with E-state index in [-0.39, 0.29) is 0 Å². The fourth-order valence-corrected chi connectivity index (χ4v) is 0.729. The number of nitrogen functional groups attached to an aromatic ring is 2. The first-order chi connectivity index (χ1) is 6.79. The van der Waals surface area contributed by atoms with Crippen molar-refractivity contribution in [3.05, 3.63) is 48.9 Å². The van der Waals surface area contributed by atoms with E-state index in [2.05, 4.69) is 9.97 Å². The first-order valence-electron chi connectivity index (χ1n) is 4.11. The van der Waals surface area contributed by atoms with Gasteiger partial charge >= 0.3 is 0 Å². The molecule has 2 aromatic heterocycles. The minimum Gasteiger partial charge on any atom is -0.397 e. The summed E-state index contributed by atoms with van der Waals surface area (Å²) < 4.78 is 0. The summed E-state index contributed by atoms with van der Waals surface area (Å²) in [4.78, 5) is 7.52. The Bertz CT molecular complexity index is 297. The van der Waals surface area contributed by atoms with Crippen molar-refractivity contribution in [2.24, 2.45) is 0 Å². The fourth-order valence-electron chi connectivity index (χ4n) is 0.729. The van der Waals surface area contributed by atoms with E-state index in [1.165, 1.54) is 6.20 Å². The molecule has 0 saturated heterocycles. The smallest absolute Gasteiger partial charge is 0.123 e. The van der Waals surface area contributed by atoms with E-state index in [1.54, 1.807) is 24.5 Å². The number of pyridine rings is 2. The first-order valence-corrected chi connectivity index (χ1v) is 4.11. The van der Waals surface area contributed by atoms with E-state index in [9.17, 15) is 0 Å². The summed E-state index contributed by atoms with van der Waals surface area (Å²) in [5, 5.41) is 0. The monoisotopic (exact) mass is 188 g/mol. The minimum atomic E-state index is 0.499. The van der Waals surface area contributed by atoms with Crippen molar-refractivity contribution < 1.29 is 0 Å². The Morgan fingerprint density at radius 3 is 1.93 bits per heavy atom. The molecule has 2 aromatic rings. The zero-order valence-electron chi connectivity index (χ0n) is 7.67. The van der Waals surface area contributed by atoms with Gasteiger partial charge in [0.25, 0.3) is 0 Å². The highest BCUT2D eigenvalue weighted by atomic mass is 14.8. The molecule has 0 bridgehead atoms. The number of nitrogens with zero attached hydrogens (tertiary/aromatic N) is 2. The SMILES string of the molecule is Nc1ccc(N)nc1.c1ccncc1. The summed E-state index contributed by atoms with van der Waals surface area (Å²) in [6.07, 6.45) is 5.02. The van der Waals surface area contributed by atoms with Gasteiger partial charge in [-0.1, -0.05) is 6.07 Å². The van der Waals surface area contributed by atoms with Crippen LogP contribution in [0, 0.1) is 0 Å². The lowest BCUT2D eigenvalue weighted by Gasteiger charge is -1.89. The van der Waals surface area contributed by atoms with Crippen molar-refractivity contribution >= 4 is 11.5 Å². The number of aromatic nitrogens is 2. The molecule has 4 heteroatoms. The van der Waals surface area contributed by atoms with Crippen molar-refractivity contribution in [2.45, 2.75) is 0 Å². The zero-order valence-corrected chi connectivity index (χ0v) is 7.67. The Balaban J connectivity index is 0.000000146. The maximum absolute atomic E-state index is 5.31. The van der Waals surface area contributed by atoms with E-state index in [0.717, 1.165) is 0 Å². The van der Waals surface area contributed by atoms with Gasteiger partial charge in [0, 0.05) is 12.4 Å². The van der Waals surface area contributed by atoms with Gasteiger partial charge in [0.05, 0.1) is 11.9 Å². The summed E-state index contributed by atoms with van der Waals surface area (Å²) in [7, 11) is 0. The summed E-state index contributed by atoms with van der Waals surface area (Å²) in [6.45, 7) is 0. The zero-order chi connectivity index (χ0) is 10.2. The van der Waals surface area contributed by atoms with Crippen LogP contribution in [0.3, 0.4) is 0 Å². The van der Waals surface area contributed by atoms with Crippen LogP contribution < -0.4 is 11.5 Å². The van der Waals surface area contributed by atoms with E-state index in [1.807, 2.05) is 18.2 Å². The number of nitrogens with two attached hydrogens (primary N) is 2. The van der Waals surface area contributed by atoms with Crippen LogP contribution in [0.1, 0.15) is 0 Å². The van der Waals surface area contributed by atoms with Crippen LogP contribution in [-0.4, -0.2) is 9.97 Å². The summed E-state index contributed by atoms with van der Waals surface area (Å²) in [5.74, 6) is 0.499. The van der Waals surface area contributed by atoms with Gasteiger partial charge in [0.1, 0.15) is 5.82 Å². The Hall–Kier alpha value is -2.10. The molecule has 72 valence electrons. The third kappa shape index (κ3) is 4.06. The highest BCUT2D eigenvalue weighted by Crippen LogP contribution is 2.00.